The first-order valence-corrected chi connectivity index (χ1v) is 9.92. The summed E-state index contributed by atoms with van der Waals surface area (Å²) in [5.41, 5.74) is 1.34. The minimum absolute atomic E-state index is 0.205. The van der Waals surface area contributed by atoms with Crippen LogP contribution in [0.1, 0.15) is 11.7 Å². The van der Waals surface area contributed by atoms with Gasteiger partial charge in [0, 0.05) is 43.5 Å². The van der Waals surface area contributed by atoms with Crippen molar-refractivity contribution < 1.29 is 13.2 Å². The average molecular weight is 393 g/mol. The van der Waals surface area contributed by atoms with Crippen LogP contribution in [0.15, 0.2) is 47.8 Å². The summed E-state index contributed by atoms with van der Waals surface area (Å²) >= 11 is 6.17. The molecule has 1 atom stereocenters. The van der Waals surface area contributed by atoms with Gasteiger partial charge in [-0.1, -0.05) is 11.6 Å². The van der Waals surface area contributed by atoms with Gasteiger partial charge < -0.3 is 4.74 Å². The number of halogens is 1. The van der Waals surface area contributed by atoms with E-state index >= 15 is 0 Å². The summed E-state index contributed by atoms with van der Waals surface area (Å²) in [7, 11) is -1.90. The number of nitrogens with zero attached hydrogens (tertiary/aromatic N) is 4. The minimum Gasteiger partial charge on any atom is -0.371 e. The van der Waals surface area contributed by atoms with Gasteiger partial charge >= 0.3 is 0 Å². The average Bonchev–Trinajstić information content (AvgIpc) is 3.09. The van der Waals surface area contributed by atoms with E-state index < -0.39 is 10.0 Å². The second kappa shape index (κ2) is 6.62. The molecular formula is C17H17ClN4O3S. The van der Waals surface area contributed by atoms with Crippen molar-refractivity contribution in [2.45, 2.75) is 11.0 Å². The highest BCUT2D eigenvalue weighted by Crippen LogP contribution is 2.32. The van der Waals surface area contributed by atoms with Crippen molar-refractivity contribution >= 4 is 32.5 Å². The first-order chi connectivity index (χ1) is 12.5. The maximum absolute atomic E-state index is 13.3. The zero-order valence-corrected chi connectivity index (χ0v) is 15.6. The predicted octanol–water partition coefficient (Wildman–Crippen LogP) is 2.38. The summed E-state index contributed by atoms with van der Waals surface area (Å²) in [6.07, 6.45) is 4.78. The fourth-order valence-corrected chi connectivity index (χ4v) is 4.95. The Morgan fingerprint density at radius 3 is 2.92 bits per heavy atom. The molecule has 136 valence electrons. The maximum atomic E-state index is 13.3. The normalized spacial score (nSPS) is 19.1. The quantitative estimate of drug-likeness (QED) is 0.684. The summed E-state index contributed by atoms with van der Waals surface area (Å²) in [6, 6.07) is 6.54. The van der Waals surface area contributed by atoms with Gasteiger partial charge in [0.2, 0.25) is 10.0 Å². The molecule has 3 heterocycles. The standard InChI is InChI=1S/C17H17ClN4O3S/c1-21-10-12(9-20-21)15-11-22(7-8-25-15)26(23,24)16-5-4-14(18)17-13(16)3-2-6-19-17/h2-6,9-10,15H,7-8,11H2,1H3/t15-/m0/s1. The smallest absolute Gasteiger partial charge is 0.243 e. The monoisotopic (exact) mass is 392 g/mol. The molecular weight excluding hydrogens is 376 g/mol. The molecule has 9 heteroatoms. The van der Waals surface area contributed by atoms with Crippen LogP contribution in [0.5, 0.6) is 0 Å². The Kier molecular flexibility index (Phi) is 4.44. The van der Waals surface area contributed by atoms with E-state index in [-0.39, 0.29) is 17.5 Å². The van der Waals surface area contributed by atoms with Crippen molar-refractivity contribution in [1.82, 2.24) is 19.1 Å². The highest BCUT2D eigenvalue weighted by Gasteiger charge is 2.33. The van der Waals surface area contributed by atoms with Crippen LogP contribution < -0.4 is 0 Å². The van der Waals surface area contributed by atoms with Crippen molar-refractivity contribution in [3.63, 3.8) is 0 Å². The molecule has 2 aromatic heterocycles. The highest BCUT2D eigenvalue weighted by atomic mass is 35.5. The van der Waals surface area contributed by atoms with Crippen LogP contribution in [0.4, 0.5) is 0 Å². The molecule has 1 fully saturated rings. The van der Waals surface area contributed by atoms with Gasteiger partial charge in [-0.05, 0) is 24.3 Å². The van der Waals surface area contributed by atoms with Crippen LogP contribution in [0.3, 0.4) is 0 Å². The topological polar surface area (TPSA) is 77.3 Å². The molecule has 1 aromatic carbocycles. The van der Waals surface area contributed by atoms with Crippen molar-refractivity contribution in [2.24, 2.45) is 7.05 Å². The highest BCUT2D eigenvalue weighted by molar-refractivity contribution is 7.89. The number of fused-ring (bicyclic) bond motifs is 1. The number of morpholine rings is 1. The van der Waals surface area contributed by atoms with Gasteiger partial charge in [0.1, 0.15) is 0 Å². The Labute approximate surface area is 156 Å². The first kappa shape index (κ1) is 17.4. The lowest BCUT2D eigenvalue weighted by Gasteiger charge is -2.32. The van der Waals surface area contributed by atoms with Gasteiger partial charge in [-0.2, -0.15) is 9.40 Å². The molecule has 0 aliphatic carbocycles. The van der Waals surface area contributed by atoms with E-state index in [1.54, 1.807) is 35.3 Å². The van der Waals surface area contributed by atoms with Crippen LogP contribution in [-0.2, 0) is 21.8 Å². The van der Waals surface area contributed by atoms with E-state index in [9.17, 15) is 8.42 Å². The zero-order chi connectivity index (χ0) is 18.3. The summed E-state index contributed by atoms with van der Waals surface area (Å²) in [6.45, 7) is 0.852. The van der Waals surface area contributed by atoms with Gasteiger partial charge in [0.25, 0.3) is 0 Å². The Balaban J connectivity index is 1.72. The lowest BCUT2D eigenvalue weighted by atomic mass is 10.2. The van der Waals surface area contributed by atoms with Crippen molar-refractivity contribution in [3.05, 3.63) is 53.4 Å². The van der Waals surface area contributed by atoms with E-state index in [1.807, 2.05) is 13.2 Å². The molecule has 0 saturated carbocycles. The molecule has 1 aliphatic heterocycles. The molecule has 4 rings (SSSR count). The van der Waals surface area contributed by atoms with Crippen LogP contribution in [0.25, 0.3) is 10.9 Å². The van der Waals surface area contributed by atoms with Crippen LogP contribution in [-0.4, -0.2) is 47.2 Å². The van der Waals surface area contributed by atoms with Crippen molar-refractivity contribution in [3.8, 4) is 0 Å². The van der Waals surface area contributed by atoms with Gasteiger partial charge in [-0.25, -0.2) is 8.42 Å². The molecule has 0 amide bonds. The Morgan fingerprint density at radius 1 is 1.31 bits per heavy atom. The summed E-state index contributed by atoms with van der Waals surface area (Å²) in [4.78, 5) is 4.42. The number of aromatic nitrogens is 3. The number of benzene rings is 1. The summed E-state index contributed by atoms with van der Waals surface area (Å²) in [5.74, 6) is 0. The number of aryl methyl sites for hydroxylation is 1. The number of hydrogen-bond donors (Lipinski definition) is 0. The molecule has 1 aliphatic rings. The number of rotatable bonds is 3. The van der Waals surface area contributed by atoms with Crippen molar-refractivity contribution in [2.75, 3.05) is 19.7 Å². The fourth-order valence-electron chi connectivity index (χ4n) is 3.13. The molecule has 0 unspecified atom stereocenters. The lowest BCUT2D eigenvalue weighted by Crippen LogP contribution is -2.42. The fraction of sp³-hybridized carbons (Fsp3) is 0.294. The molecule has 1 saturated heterocycles. The van der Waals surface area contributed by atoms with E-state index in [1.165, 1.54) is 10.4 Å². The molecule has 0 radical (unpaired) electrons. The largest absolute Gasteiger partial charge is 0.371 e. The first-order valence-electron chi connectivity index (χ1n) is 8.10. The molecule has 0 N–H and O–H groups in total. The minimum atomic E-state index is -3.71. The Hall–Kier alpha value is -2.00. The van der Waals surface area contributed by atoms with E-state index in [4.69, 9.17) is 16.3 Å². The second-order valence-corrected chi connectivity index (χ2v) is 8.43. The third-order valence-electron chi connectivity index (χ3n) is 4.42. The van der Waals surface area contributed by atoms with Crippen molar-refractivity contribution in [1.29, 1.82) is 0 Å². The van der Waals surface area contributed by atoms with E-state index in [0.717, 1.165) is 5.56 Å². The second-order valence-electron chi connectivity index (χ2n) is 6.11. The Bertz CT molecular complexity index is 1070. The summed E-state index contributed by atoms with van der Waals surface area (Å²) < 4.78 is 35.4. The summed E-state index contributed by atoms with van der Waals surface area (Å²) in [5, 5.41) is 5.08. The van der Waals surface area contributed by atoms with Gasteiger partial charge in [0.05, 0.1) is 34.3 Å². The van der Waals surface area contributed by atoms with Gasteiger partial charge in [-0.15, -0.1) is 0 Å². The number of ether oxygens (including phenoxy) is 1. The van der Waals surface area contributed by atoms with Gasteiger partial charge in [-0.3, -0.25) is 9.67 Å². The van der Waals surface area contributed by atoms with E-state index in [0.29, 0.717) is 29.1 Å². The number of sulfonamides is 1. The number of pyridine rings is 1. The third kappa shape index (κ3) is 2.99. The predicted molar refractivity (Wildman–Crippen MR) is 97.4 cm³/mol. The Morgan fingerprint density at radius 2 is 2.15 bits per heavy atom. The number of hydrogen-bond acceptors (Lipinski definition) is 5. The van der Waals surface area contributed by atoms with Crippen LogP contribution in [0, 0.1) is 0 Å². The molecule has 3 aromatic rings. The van der Waals surface area contributed by atoms with E-state index in [2.05, 4.69) is 10.1 Å². The van der Waals surface area contributed by atoms with Gasteiger partial charge in [0.15, 0.2) is 0 Å². The van der Waals surface area contributed by atoms with Crippen LogP contribution >= 0.6 is 11.6 Å². The third-order valence-corrected chi connectivity index (χ3v) is 6.65. The molecule has 0 spiro atoms. The maximum Gasteiger partial charge on any atom is 0.243 e. The molecule has 7 nitrogen and oxygen atoms in total. The zero-order valence-electron chi connectivity index (χ0n) is 14.0. The van der Waals surface area contributed by atoms with Crippen LogP contribution in [0.2, 0.25) is 5.02 Å². The molecule has 0 bridgehead atoms. The SMILES string of the molecule is Cn1cc([C@@H]2CN(S(=O)(=O)c3ccc(Cl)c4ncccc34)CCO2)cn1. The molecule has 26 heavy (non-hydrogen) atoms. The lowest BCUT2D eigenvalue weighted by molar-refractivity contribution is -0.00257.